The minimum Gasteiger partial charge on any atom is -0.357 e. The maximum atomic E-state index is 12.2. The van der Waals surface area contributed by atoms with Crippen molar-refractivity contribution in [2.24, 2.45) is 4.99 Å². The normalized spacial score (nSPS) is 20.7. The fourth-order valence-electron chi connectivity index (χ4n) is 3.30. The van der Waals surface area contributed by atoms with Crippen LogP contribution in [0, 0.1) is 12.3 Å². The van der Waals surface area contributed by atoms with E-state index in [0.29, 0.717) is 29.5 Å². The number of hydrogen-bond donors (Lipinski definition) is 3. The standard InChI is InChI=1S/C21H30N4O2S/c1-4-16-9-7-10-17(13-16)24-20(26)15-23-21(22-5-2)25-18-11-8-12-19(14-18)28(27)6-3/h1,7,9-10,13,18-19H,5-6,8,11-12,14-15H2,2-3H3,(H,24,26)(H2,22,23,25). The van der Waals surface area contributed by atoms with E-state index in [-0.39, 0.29) is 23.7 Å². The van der Waals surface area contributed by atoms with Crippen LogP contribution < -0.4 is 16.0 Å². The molecule has 1 aliphatic rings. The van der Waals surface area contributed by atoms with Gasteiger partial charge in [0.2, 0.25) is 5.91 Å². The SMILES string of the molecule is C#Cc1cccc(NC(=O)CN=C(NCC)NC2CCCC(S(=O)CC)C2)c1. The number of aliphatic imine (C=N–C) groups is 1. The van der Waals surface area contributed by atoms with Gasteiger partial charge in [0.25, 0.3) is 0 Å². The molecule has 1 fully saturated rings. The molecule has 1 aliphatic carbocycles. The summed E-state index contributed by atoms with van der Waals surface area (Å²) in [7, 11) is -0.768. The molecule has 28 heavy (non-hydrogen) atoms. The molecule has 6 nitrogen and oxygen atoms in total. The lowest BCUT2D eigenvalue weighted by Gasteiger charge is -2.30. The van der Waals surface area contributed by atoms with Gasteiger partial charge in [-0.25, -0.2) is 4.99 Å². The van der Waals surface area contributed by atoms with Crippen LogP contribution in [0.5, 0.6) is 0 Å². The monoisotopic (exact) mass is 402 g/mol. The zero-order valence-electron chi connectivity index (χ0n) is 16.7. The third kappa shape index (κ3) is 7.01. The smallest absolute Gasteiger partial charge is 0.246 e. The molecule has 0 saturated heterocycles. The van der Waals surface area contributed by atoms with Crippen LogP contribution in [0.15, 0.2) is 29.3 Å². The van der Waals surface area contributed by atoms with Crippen molar-refractivity contribution in [1.29, 1.82) is 0 Å². The number of hydrogen-bond acceptors (Lipinski definition) is 3. The Labute approximate surface area is 170 Å². The third-order valence-corrected chi connectivity index (χ3v) is 6.40. The number of benzene rings is 1. The number of amides is 1. The van der Waals surface area contributed by atoms with Gasteiger partial charge in [-0.1, -0.05) is 25.3 Å². The largest absolute Gasteiger partial charge is 0.357 e. The van der Waals surface area contributed by atoms with E-state index < -0.39 is 10.8 Å². The van der Waals surface area contributed by atoms with Crippen LogP contribution in [-0.4, -0.2) is 46.2 Å². The fourth-order valence-corrected chi connectivity index (χ4v) is 4.65. The van der Waals surface area contributed by atoms with Gasteiger partial charge in [0, 0.05) is 45.6 Å². The van der Waals surface area contributed by atoms with Gasteiger partial charge in [0.15, 0.2) is 5.96 Å². The Morgan fingerprint density at radius 1 is 1.36 bits per heavy atom. The Morgan fingerprint density at radius 2 is 2.18 bits per heavy atom. The summed E-state index contributed by atoms with van der Waals surface area (Å²) in [4.78, 5) is 16.6. The first-order valence-corrected chi connectivity index (χ1v) is 11.2. The van der Waals surface area contributed by atoms with Crippen LogP contribution >= 0.6 is 0 Å². The molecule has 2 rings (SSSR count). The van der Waals surface area contributed by atoms with Crippen LogP contribution in [0.4, 0.5) is 5.69 Å². The number of carbonyl (C=O) groups excluding carboxylic acids is 1. The van der Waals surface area contributed by atoms with Crippen LogP contribution in [0.1, 0.15) is 45.1 Å². The maximum Gasteiger partial charge on any atom is 0.246 e. The van der Waals surface area contributed by atoms with E-state index in [1.807, 2.05) is 19.9 Å². The molecule has 7 heteroatoms. The highest BCUT2D eigenvalue weighted by molar-refractivity contribution is 7.85. The average Bonchev–Trinajstić information content (AvgIpc) is 2.72. The molecule has 3 unspecified atom stereocenters. The van der Waals surface area contributed by atoms with Crippen LogP contribution in [0.3, 0.4) is 0 Å². The van der Waals surface area contributed by atoms with Gasteiger partial charge in [0.1, 0.15) is 6.54 Å². The van der Waals surface area contributed by atoms with Crippen LogP contribution in [0.25, 0.3) is 0 Å². The van der Waals surface area contributed by atoms with Crippen molar-refractivity contribution in [3.63, 3.8) is 0 Å². The number of nitrogens with one attached hydrogen (secondary N) is 3. The Balaban J connectivity index is 1.92. The zero-order chi connectivity index (χ0) is 20.4. The predicted molar refractivity (Wildman–Crippen MR) is 117 cm³/mol. The fraction of sp³-hybridized carbons (Fsp3) is 0.524. The van der Waals surface area contributed by atoms with Crippen molar-refractivity contribution in [1.82, 2.24) is 10.6 Å². The van der Waals surface area contributed by atoms with Gasteiger partial charge in [-0.2, -0.15) is 0 Å². The molecule has 1 saturated carbocycles. The van der Waals surface area contributed by atoms with Crippen molar-refractivity contribution in [2.45, 2.75) is 50.8 Å². The van der Waals surface area contributed by atoms with Gasteiger partial charge >= 0.3 is 0 Å². The van der Waals surface area contributed by atoms with Gasteiger partial charge in [-0.3, -0.25) is 9.00 Å². The Bertz CT molecular complexity index is 757. The van der Waals surface area contributed by atoms with Crippen molar-refractivity contribution in [3.8, 4) is 12.3 Å². The number of anilines is 1. The second-order valence-electron chi connectivity index (χ2n) is 6.77. The minimum absolute atomic E-state index is 0.00660. The Morgan fingerprint density at radius 3 is 2.89 bits per heavy atom. The van der Waals surface area contributed by atoms with Crippen molar-refractivity contribution < 1.29 is 9.00 Å². The average molecular weight is 403 g/mol. The van der Waals surface area contributed by atoms with Gasteiger partial charge in [0.05, 0.1) is 0 Å². The van der Waals surface area contributed by atoms with E-state index in [9.17, 15) is 9.00 Å². The third-order valence-electron chi connectivity index (χ3n) is 4.66. The number of terminal acetylenes is 1. The lowest BCUT2D eigenvalue weighted by atomic mass is 9.95. The summed E-state index contributed by atoms with van der Waals surface area (Å²) < 4.78 is 12.1. The van der Waals surface area contributed by atoms with Crippen LogP contribution in [0.2, 0.25) is 0 Å². The van der Waals surface area contributed by atoms with E-state index in [1.165, 1.54) is 0 Å². The molecule has 0 spiro atoms. The Hall–Kier alpha value is -2.33. The summed E-state index contributed by atoms with van der Waals surface area (Å²) in [6, 6.07) is 7.38. The summed E-state index contributed by atoms with van der Waals surface area (Å²) in [5.41, 5.74) is 1.37. The molecule has 0 aliphatic heterocycles. The molecule has 1 aromatic carbocycles. The van der Waals surface area contributed by atoms with E-state index in [1.54, 1.807) is 18.2 Å². The van der Waals surface area contributed by atoms with E-state index in [4.69, 9.17) is 6.42 Å². The number of carbonyl (C=O) groups is 1. The second kappa shape index (κ2) is 11.5. The first kappa shape index (κ1) is 22.0. The lowest BCUT2D eigenvalue weighted by Crippen LogP contribution is -2.47. The lowest BCUT2D eigenvalue weighted by molar-refractivity contribution is -0.114. The quantitative estimate of drug-likeness (QED) is 0.371. The highest BCUT2D eigenvalue weighted by Crippen LogP contribution is 2.23. The maximum absolute atomic E-state index is 12.2. The molecule has 0 aromatic heterocycles. The summed E-state index contributed by atoms with van der Waals surface area (Å²) in [5.74, 6) is 3.65. The second-order valence-corrected chi connectivity index (χ2v) is 8.77. The summed E-state index contributed by atoms with van der Waals surface area (Å²) >= 11 is 0. The van der Waals surface area contributed by atoms with Gasteiger partial charge < -0.3 is 16.0 Å². The van der Waals surface area contributed by atoms with Crippen molar-refractivity contribution >= 4 is 28.4 Å². The Kier molecular flexibility index (Phi) is 9.02. The molecule has 0 bridgehead atoms. The molecular weight excluding hydrogens is 372 g/mol. The number of nitrogens with zero attached hydrogens (tertiary/aromatic N) is 1. The van der Waals surface area contributed by atoms with Crippen molar-refractivity contribution in [3.05, 3.63) is 29.8 Å². The number of guanidine groups is 1. The van der Waals surface area contributed by atoms with E-state index in [2.05, 4.69) is 26.9 Å². The molecule has 0 radical (unpaired) electrons. The molecular formula is C21H30N4O2S. The minimum atomic E-state index is -0.768. The van der Waals surface area contributed by atoms with Crippen molar-refractivity contribution in [2.75, 3.05) is 24.2 Å². The molecule has 0 heterocycles. The summed E-state index contributed by atoms with van der Waals surface area (Å²) in [6.07, 6.45) is 9.35. The van der Waals surface area contributed by atoms with E-state index in [0.717, 1.165) is 25.7 Å². The highest BCUT2D eigenvalue weighted by atomic mass is 32.2. The first-order chi connectivity index (χ1) is 13.5. The highest BCUT2D eigenvalue weighted by Gasteiger charge is 2.26. The molecule has 152 valence electrons. The topological polar surface area (TPSA) is 82.6 Å². The molecule has 3 atom stereocenters. The van der Waals surface area contributed by atoms with Gasteiger partial charge in [-0.05, 0) is 44.4 Å². The molecule has 1 amide bonds. The van der Waals surface area contributed by atoms with Crippen LogP contribution in [-0.2, 0) is 15.6 Å². The number of rotatable bonds is 7. The zero-order valence-corrected chi connectivity index (χ0v) is 17.5. The first-order valence-electron chi connectivity index (χ1n) is 9.84. The predicted octanol–water partition coefficient (Wildman–Crippen LogP) is 2.24. The van der Waals surface area contributed by atoms with E-state index >= 15 is 0 Å². The molecule has 1 aromatic rings. The molecule has 3 N–H and O–H groups in total. The summed E-state index contributed by atoms with van der Waals surface area (Å²) in [6.45, 7) is 4.66. The summed E-state index contributed by atoms with van der Waals surface area (Å²) in [5, 5.41) is 9.63. The van der Waals surface area contributed by atoms with Gasteiger partial charge in [-0.15, -0.1) is 6.42 Å².